The zero-order chi connectivity index (χ0) is 12.6. The van der Waals surface area contributed by atoms with Gasteiger partial charge in [-0.15, -0.1) is 0 Å². The largest absolute Gasteiger partial charge is 0.490 e. The third kappa shape index (κ3) is 2.42. The molecule has 1 amide bonds. The molecule has 0 saturated carbocycles. The van der Waals surface area contributed by atoms with Gasteiger partial charge < -0.3 is 14.9 Å². The molecule has 90 valence electrons. The quantitative estimate of drug-likeness (QED) is 0.642. The van der Waals surface area contributed by atoms with Gasteiger partial charge in [-0.2, -0.15) is 0 Å². The van der Waals surface area contributed by atoms with E-state index in [0.717, 1.165) is 11.1 Å². The molecule has 5 nitrogen and oxygen atoms in total. The summed E-state index contributed by atoms with van der Waals surface area (Å²) < 4.78 is 25.1. The molecule has 0 bridgehead atoms. The number of hydrogen-bond donors (Lipinski definition) is 2. The maximum atomic E-state index is 12.6. The van der Waals surface area contributed by atoms with Gasteiger partial charge in [-0.25, -0.2) is 8.78 Å². The second kappa shape index (κ2) is 4.04. The standard InChI is InChI=1S/C9H9BF2N2O3/c11-9(12)4-14(5-9)8(15)7-2-1-6(3-13-7)10(16)17/h1-3,16-17H,4-5H2. The number of hydrogen-bond acceptors (Lipinski definition) is 4. The summed E-state index contributed by atoms with van der Waals surface area (Å²) in [6, 6.07) is 2.58. The number of carbonyl (C=O) groups is 1. The molecule has 1 aromatic rings. The van der Waals surface area contributed by atoms with Crippen LogP contribution >= 0.6 is 0 Å². The Morgan fingerprint density at radius 2 is 2.06 bits per heavy atom. The van der Waals surface area contributed by atoms with E-state index in [2.05, 4.69) is 4.98 Å². The summed E-state index contributed by atoms with van der Waals surface area (Å²) in [6.45, 7) is -1.20. The highest BCUT2D eigenvalue weighted by Crippen LogP contribution is 2.27. The first kappa shape index (κ1) is 11.9. The Bertz CT molecular complexity index is 430. The molecule has 8 heteroatoms. The minimum atomic E-state index is -2.81. The number of aromatic nitrogens is 1. The number of nitrogens with zero attached hydrogens (tertiary/aromatic N) is 2. The first-order valence-corrected chi connectivity index (χ1v) is 4.88. The Labute approximate surface area is 95.8 Å². The summed E-state index contributed by atoms with van der Waals surface area (Å²) in [5.41, 5.74) is 0.139. The molecule has 17 heavy (non-hydrogen) atoms. The normalized spacial score (nSPS) is 17.5. The van der Waals surface area contributed by atoms with Gasteiger partial charge in [0.05, 0.1) is 13.1 Å². The molecule has 0 spiro atoms. The molecular formula is C9H9BF2N2O3. The van der Waals surface area contributed by atoms with Crippen LogP contribution in [-0.4, -0.2) is 52.0 Å². The van der Waals surface area contributed by atoms with E-state index in [0.29, 0.717) is 0 Å². The fraction of sp³-hybridized carbons (Fsp3) is 0.333. The van der Waals surface area contributed by atoms with E-state index in [-0.39, 0.29) is 11.2 Å². The third-order valence-corrected chi connectivity index (χ3v) is 2.44. The molecule has 2 N–H and O–H groups in total. The molecule has 0 unspecified atom stereocenters. The number of carbonyl (C=O) groups excluding carboxylic acids is 1. The van der Waals surface area contributed by atoms with E-state index in [1.807, 2.05) is 0 Å². The van der Waals surface area contributed by atoms with Crippen LogP contribution in [0.5, 0.6) is 0 Å². The summed E-state index contributed by atoms with van der Waals surface area (Å²) in [6.07, 6.45) is 1.12. The van der Waals surface area contributed by atoms with Crippen LogP contribution in [0.2, 0.25) is 0 Å². The van der Waals surface area contributed by atoms with E-state index in [9.17, 15) is 13.6 Å². The first-order chi connectivity index (χ1) is 7.89. The second-order valence-corrected chi connectivity index (χ2v) is 3.87. The van der Waals surface area contributed by atoms with Gasteiger partial charge in [0.15, 0.2) is 0 Å². The Hall–Kier alpha value is -1.54. The number of likely N-dealkylation sites (tertiary alicyclic amines) is 1. The highest BCUT2D eigenvalue weighted by atomic mass is 19.3. The molecule has 0 radical (unpaired) electrons. The van der Waals surface area contributed by atoms with Crippen LogP contribution < -0.4 is 5.46 Å². The molecule has 0 atom stereocenters. The summed E-state index contributed by atoms with van der Waals surface area (Å²) >= 11 is 0. The molecule has 1 aromatic heterocycles. The second-order valence-electron chi connectivity index (χ2n) is 3.87. The highest BCUT2D eigenvalue weighted by molar-refractivity contribution is 6.58. The average molecular weight is 242 g/mol. The van der Waals surface area contributed by atoms with Gasteiger partial charge in [-0.1, -0.05) is 6.07 Å². The maximum Gasteiger partial charge on any atom is 0.490 e. The smallest absolute Gasteiger partial charge is 0.423 e. The average Bonchev–Trinajstić information content (AvgIpc) is 2.25. The number of amides is 1. The number of rotatable bonds is 2. The third-order valence-electron chi connectivity index (χ3n) is 2.44. The minimum Gasteiger partial charge on any atom is -0.423 e. The van der Waals surface area contributed by atoms with Crippen molar-refractivity contribution in [1.82, 2.24) is 9.88 Å². The van der Waals surface area contributed by atoms with Crippen molar-refractivity contribution in [2.24, 2.45) is 0 Å². The molecule has 1 aliphatic heterocycles. The van der Waals surface area contributed by atoms with E-state index in [4.69, 9.17) is 10.0 Å². The van der Waals surface area contributed by atoms with Crippen LogP contribution in [0.3, 0.4) is 0 Å². The predicted molar refractivity (Wildman–Crippen MR) is 54.9 cm³/mol. The van der Waals surface area contributed by atoms with Crippen molar-refractivity contribution in [2.75, 3.05) is 13.1 Å². The van der Waals surface area contributed by atoms with E-state index >= 15 is 0 Å². The van der Waals surface area contributed by atoms with E-state index < -0.39 is 32.0 Å². The van der Waals surface area contributed by atoms with E-state index in [1.54, 1.807) is 0 Å². The van der Waals surface area contributed by atoms with Crippen molar-refractivity contribution >= 4 is 18.5 Å². The number of pyridine rings is 1. The van der Waals surface area contributed by atoms with Crippen molar-refractivity contribution in [1.29, 1.82) is 0 Å². The predicted octanol–water partition coefficient (Wildman–Crippen LogP) is -1.15. The Morgan fingerprint density at radius 1 is 1.41 bits per heavy atom. The zero-order valence-electron chi connectivity index (χ0n) is 8.68. The van der Waals surface area contributed by atoms with Gasteiger partial charge in [-0.05, 0) is 6.07 Å². The molecule has 0 aromatic carbocycles. The number of alkyl halides is 2. The van der Waals surface area contributed by atoms with Gasteiger partial charge in [0, 0.05) is 11.7 Å². The van der Waals surface area contributed by atoms with Crippen molar-refractivity contribution in [3.8, 4) is 0 Å². The minimum absolute atomic E-state index is 0.00454. The summed E-state index contributed by atoms with van der Waals surface area (Å²) in [7, 11) is -1.67. The van der Waals surface area contributed by atoms with Crippen molar-refractivity contribution < 1.29 is 23.6 Å². The summed E-state index contributed by atoms with van der Waals surface area (Å²) in [5, 5.41) is 17.6. The van der Waals surface area contributed by atoms with Crippen LogP contribution in [0.15, 0.2) is 18.3 Å². The highest BCUT2D eigenvalue weighted by Gasteiger charge is 2.46. The van der Waals surface area contributed by atoms with Crippen LogP contribution in [0, 0.1) is 0 Å². The summed E-state index contributed by atoms with van der Waals surface area (Å²) in [5.74, 6) is -3.40. The number of halogens is 2. The van der Waals surface area contributed by atoms with Crippen molar-refractivity contribution in [2.45, 2.75) is 5.92 Å². The molecule has 1 aliphatic rings. The topological polar surface area (TPSA) is 73.7 Å². The Morgan fingerprint density at radius 3 is 2.47 bits per heavy atom. The van der Waals surface area contributed by atoms with Gasteiger partial charge in [-0.3, -0.25) is 9.78 Å². The van der Waals surface area contributed by atoms with Gasteiger partial charge in [0.2, 0.25) is 0 Å². The first-order valence-electron chi connectivity index (χ1n) is 4.88. The molecule has 0 aliphatic carbocycles. The lowest BCUT2D eigenvalue weighted by atomic mass is 9.82. The van der Waals surface area contributed by atoms with Crippen molar-refractivity contribution in [3.63, 3.8) is 0 Å². The fourth-order valence-electron chi connectivity index (χ4n) is 1.50. The van der Waals surface area contributed by atoms with Crippen LogP contribution in [0.25, 0.3) is 0 Å². The molecule has 2 heterocycles. The lowest BCUT2D eigenvalue weighted by Crippen LogP contribution is -2.58. The molecule has 2 rings (SSSR count). The van der Waals surface area contributed by atoms with Gasteiger partial charge in [0.1, 0.15) is 5.69 Å². The lowest BCUT2D eigenvalue weighted by molar-refractivity contribution is -0.113. The van der Waals surface area contributed by atoms with Gasteiger partial charge >= 0.3 is 7.12 Å². The molecule has 1 fully saturated rings. The maximum absolute atomic E-state index is 12.6. The molecular weight excluding hydrogens is 233 g/mol. The van der Waals surface area contributed by atoms with Crippen LogP contribution in [0.1, 0.15) is 10.5 Å². The molecule has 1 saturated heterocycles. The Balaban J connectivity index is 2.06. The zero-order valence-corrected chi connectivity index (χ0v) is 8.68. The lowest BCUT2D eigenvalue weighted by Gasteiger charge is -2.38. The van der Waals surface area contributed by atoms with Crippen LogP contribution in [0.4, 0.5) is 8.78 Å². The SMILES string of the molecule is O=C(c1ccc(B(O)O)cn1)N1CC(F)(F)C1. The van der Waals surface area contributed by atoms with Gasteiger partial charge in [0.25, 0.3) is 11.8 Å². The summed E-state index contributed by atoms with van der Waals surface area (Å²) in [4.78, 5) is 16.3. The fourth-order valence-corrected chi connectivity index (χ4v) is 1.50. The Kier molecular flexibility index (Phi) is 2.84. The van der Waals surface area contributed by atoms with Crippen molar-refractivity contribution in [3.05, 3.63) is 24.0 Å². The van der Waals surface area contributed by atoms with Crippen LogP contribution in [-0.2, 0) is 0 Å². The monoisotopic (exact) mass is 242 g/mol. The van der Waals surface area contributed by atoms with E-state index in [1.165, 1.54) is 12.1 Å².